The molecule has 3 unspecified atom stereocenters. The highest BCUT2D eigenvalue weighted by Gasteiger charge is 2.27. The van der Waals surface area contributed by atoms with Crippen molar-refractivity contribution in [2.24, 2.45) is 0 Å². The van der Waals surface area contributed by atoms with Crippen LogP contribution in [0.5, 0.6) is 0 Å². The molecule has 3 N–H and O–H groups in total. The molecule has 0 aliphatic heterocycles. The molecule has 8 nitrogen and oxygen atoms in total. The van der Waals surface area contributed by atoms with Crippen LogP contribution in [0.3, 0.4) is 0 Å². The molecule has 0 rings (SSSR count). The van der Waals surface area contributed by atoms with Crippen molar-refractivity contribution in [3.8, 4) is 0 Å². The van der Waals surface area contributed by atoms with Gasteiger partial charge in [0.25, 0.3) is 0 Å². The Morgan fingerprint density at radius 2 is 1.22 bits per heavy atom. The lowest BCUT2D eigenvalue weighted by Crippen LogP contribution is -2.45. The van der Waals surface area contributed by atoms with E-state index in [1.807, 2.05) is 27.2 Å². The Labute approximate surface area is 283 Å². The maximum atomic E-state index is 12.7. The van der Waals surface area contributed by atoms with E-state index in [1.165, 1.54) is 70.6 Å². The number of carbonyl (C=O) groups is 1. The molecule has 270 valence electrons. The lowest BCUT2D eigenvalue weighted by molar-refractivity contribution is -0.870. The van der Waals surface area contributed by atoms with Gasteiger partial charge in [-0.25, -0.2) is 4.57 Å². The smallest absolute Gasteiger partial charge is 0.387 e. The van der Waals surface area contributed by atoms with Gasteiger partial charge >= 0.3 is 7.82 Å². The fourth-order valence-electron chi connectivity index (χ4n) is 4.90. The third-order valence-electron chi connectivity index (χ3n) is 7.85. The van der Waals surface area contributed by atoms with Gasteiger partial charge in [-0.2, -0.15) is 0 Å². The molecule has 0 aliphatic rings. The van der Waals surface area contributed by atoms with Crippen LogP contribution in [-0.2, 0) is 18.4 Å². The van der Waals surface area contributed by atoms with Gasteiger partial charge in [0.1, 0.15) is 13.2 Å². The second-order valence-corrected chi connectivity index (χ2v) is 15.0. The molecule has 0 bridgehead atoms. The van der Waals surface area contributed by atoms with Crippen molar-refractivity contribution in [3.05, 3.63) is 36.5 Å². The fourth-order valence-corrected chi connectivity index (χ4v) is 5.64. The van der Waals surface area contributed by atoms with Crippen LogP contribution in [0.4, 0.5) is 0 Å². The van der Waals surface area contributed by atoms with Gasteiger partial charge in [-0.05, 0) is 38.5 Å². The van der Waals surface area contributed by atoms with E-state index < -0.39 is 20.0 Å². The number of unbranched alkanes of at least 4 members (excludes halogenated alkanes) is 15. The first kappa shape index (κ1) is 44.7. The van der Waals surface area contributed by atoms with Gasteiger partial charge in [-0.15, -0.1) is 0 Å². The van der Waals surface area contributed by atoms with E-state index in [2.05, 4.69) is 43.5 Å². The standard InChI is InChI=1S/C37H71N2O6P/c1-6-8-10-12-14-16-18-19-20-21-23-25-27-29-31-37(41)38-35(34-45-46(42,43)44-33-32-39(3,4)5)36(40)30-28-26-24-22-17-15-13-11-9-7-2/h9,11,17,22,28,30,35-36,40H,6-8,10,12-16,18-21,23-27,29,31-34H2,1-5H3,(H-,38,41,42,43)/p+1/b11-9+,22-17+,30-28+. The number of nitrogens with one attached hydrogen (secondary N) is 1. The molecule has 0 aromatic heterocycles. The van der Waals surface area contributed by atoms with E-state index in [0.29, 0.717) is 17.4 Å². The molecule has 0 aromatic carbocycles. The van der Waals surface area contributed by atoms with Gasteiger partial charge in [0.05, 0.1) is 39.9 Å². The van der Waals surface area contributed by atoms with E-state index in [1.54, 1.807) is 6.08 Å². The molecule has 0 spiro atoms. The van der Waals surface area contributed by atoms with Crippen LogP contribution >= 0.6 is 7.82 Å². The zero-order chi connectivity index (χ0) is 34.4. The van der Waals surface area contributed by atoms with Crippen LogP contribution < -0.4 is 5.32 Å². The summed E-state index contributed by atoms with van der Waals surface area (Å²) in [6.45, 7) is 4.63. The third kappa shape index (κ3) is 31.3. The van der Waals surface area contributed by atoms with Gasteiger partial charge in [0.15, 0.2) is 0 Å². The van der Waals surface area contributed by atoms with E-state index in [0.717, 1.165) is 51.4 Å². The molecule has 46 heavy (non-hydrogen) atoms. The van der Waals surface area contributed by atoms with Crippen LogP contribution in [0.2, 0.25) is 0 Å². The topological polar surface area (TPSA) is 105 Å². The second-order valence-electron chi connectivity index (χ2n) is 13.6. The van der Waals surface area contributed by atoms with Crippen molar-refractivity contribution in [2.45, 2.75) is 154 Å². The zero-order valence-electron chi connectivity index (χ0n) is 30.3. The van der Waals surface area contributed by atoms with Crippen LogP contribution in [0.15, 0.2) is 36.5 Å². The molecule has 1 amide bonds. The lowest BCUT2D eigenvalue weighted by atomic mass is 10.0. The van der Waals surface area contributed by atoms with Crippen LogP contribution in [-0.4, -0.2) is 73.4 Å². The maximum absolute atomic E-state index is 12.7. The van der Waals surface area contributed by atoms with E-state index in [9.17, 15) is 19.4 Å². The molecule has 0 aromatic rings. The molecule has 0 saturated carbocycles. The summed E-state index contributed by atoms with van der Waals surface area (Å²) in [6, 6.07) is -0.862. The zero-order valence-corrected chi connectivity index (χ0v) is 31.2. The first-order valence-corrected chi connectivity index (χ1v) is 19.9. The Hall–Kier alpha value is -1.28. The van der Waals surface area contributed by atoms with E-state index in [4.69, 9.17) is 9.05 Å². The normalized spacial score (nSPS) is 15.2. The van der Waals surface area contributed by atoms with Crippen molar-refractivity contribution < 1.29 is 32.9 Å². The summed E-state index contributed by atoms with van der Waals surface area (Å²) in [5.41, 5.74) is 0. The Morgan fingerprint density at radius 1 is 0.739 bits per heavy atom. The van der Waals surface area contributed by atoms with Crippen molar-refractivity contribution in [1.29, 1.82) is 0 Å². The number of allylic oxidation sites excluding steroid dienone is 5. The van der Waals surface area contributed by atoms with Gasteiger partial charge in [-0.1, -0.05) is 134 Å². The van der Waals surface area contributed by atoms with Crippen LogP contribution in [0.25, 0.3) is 0 Å². The van der Waals surface area contributed by atoms with Crippen molar-refractivity contribution in [2.75, 3.05) is 40.9 Å². The monoisotopic (exact) mass is 672 g/mol. The molecule has 0 fully saturated rings. The average molecular weight is 672 g/mol. The lowest BCUT2D eigenvalue weighted by Gasteiger charge is -2.25. The van der Waals surface area contributed by atoms with Crippen molar-refractivity contribution in [1.82, 2.24) is 5.32 Å². The Bertz CT molecular complexity index is 855. The SMILES string of the molecule is CC/C=C/CC/C=C/CC/C=C/C(O)C(COP(=O)(O)OCC[N+](C)(C)C)NC(=O)CCCCCCCCCCCCCCCC. The van der Waals surface area contributed by atoms with E-state index >= 15 is 0 Å². The minimum atomic E-state index is -4.33. The van der Waals surface area contributed by atoms with Crippen LogP contribution in [0.1, 0.15) is 142 Å². The average Bonchev–Trinajstić information content (AvgIpc) is 2.99. The minimum absolute atomic E-state index is 0.0539. The number of phosphoric acid groups is 1. The number of rotatable bonds is 32. The van der Waals surface area contributed by atoms with E-state index in [-0.39, 0.29) is 19.1 Å². The highest BCUT2D eigenvalue weighted by Crippen LogP contribution is 2.43. The highest BCUT2D eigenvalue weighted by atomic mass is 31.2. The number of phosphoric ester groups is 1. The predicted molar refractivity (Wildman–Crippen MR) is 194 cm³/mol. The summed E-state index contributed by atoms with van der Waals surface area (Å²) in [6.07, 6.45) is 33.6. The minimum Gasteiger partial charge on any atom is -0.387 e. The fraction of sp³-hybridized carbons (Fsp3) is 0.811. The number of carbonyl (C=O) groups excluding carboxylic acids is 1. The molecular weight excluding hydrogens is 599 g/mol. The van der Waals surface area contributed by atoms with Crippen molar-refractivity contribution >= 4 is 13.7 Å². The largest absolute Gasteiger partial charge is 0.472 e. The Kier molecular flexibility index (Phi) is 29.0. The number of aliphatic hydroxyl groups excluding tert-OH is 1. The number of hydrogen-bond donors (Lipinski definition) is 3. The highest BCUT2D eigenvalue weighted by molar-refractivity contribution is 7.47. The Morgan fingerprint density at radius 3 is 1.72 bits per heavy atom. The summed E-state index contributed by atoms with van der Waals surface area (Å²) < 4.78 is 23.4. The Balaban J connectivity index is 4.56. The molecule has 3 atom stereocenters. The maximum Gasteiger partial charge on any atom is 0.472 e. The summed E-state index contributed by atoms with van der Waals surface area (Å²) in [5.74, 6) is -0.196. The predicted octanol–water partition coefficient (Wildman–Crippen LogP) is 9.18. The van der Waals surface area contributed by atoms with Gasteiger partial charge in [0.2, 0.25) is 5.91 Å². The van der Waals surface area contributed by atoms with Crippen LogP contribution in [0, 0.1) is 0 Å². The molecule has 9 heteroatoms. The van der Waals surface area contributed by atoms with Gasteiger partial charge < -0.3 is 19.8 Å². The third-order valence-corrected chi connectivity index (χ3v) is 8.84. The summed E-state index contributed by atoms with van der Waals surface area (Å²) >= 11 is 0. The number of nitrogens with zero attached hydrogens (tertiary/aromatic N) is 1. The number of amides is 1. The number of likely N-dealkylation sites (N-methyl/N-ethyl adjacent to an activating group) is 1. The summed E-state index contributed by atoms with van der Waals surface area (Å²) in [4.78, 5) is 22.9. The number of hydrogen-bond acceptors (Lipinski definition) is 5. The van der Waals surface area contributed by atoms with Gasteiger partial charge in [-0.3, -0.25) is 13.8 Å². The number of aliphatic hydroxyl groups is 1. The first-order chi connectivity index (χ1) is 22.0. The second kappa shape index (κ2) is 29.8. The summed E-state index contributed by atoms with van der Waals surface area (Å²) in [5, 5.41) is 13.7. The quantitative estimate of drug-likeness (QED) is 0.0285. The molecule has 0 saturated heterocycles. The van der Waals surface area contributed by atoms with Crippen molar-refractivity contribution in [3.63, 3.8) is 0 Å². The molecular formula is C37H72N2O6P+. The molecule has 0 aliphatic carbocycles. The first-order valence-electron chi connectivity index (χ1n) is 18.4. The molecule has 0 radical (unpaired) electrons. The molecule has 0 heterocycles. The van der Waals surface area contributed by atoms with Gasteiger partial charge in [0, 0.05) is 6.42 Å². The number of quaternary nitrogens is 1. The summed E-state index contributed by atoms with van der Waals surface area (Å²) in [7, 11) is 1.54.